The Balaban J connectivity index is 1.98. The molecule has 2 rings (SSSR count). The van der Waals surface area contributed by atoms with Crippen LogP contribution in [0.1, 0.15) is 18.5 Å². The summed E-state index contributed by atoms with van der Waals surface area (Å²) in [5, 5.41) is 7.88. The minimum absolute atomic E-state index is 0.644. The van der Waals surface area contributed by atoms with Crippen LogP contribution < -0.4 is 5.32 Å². The quantitative estimate of drug-likeness (QED) is 0.812. The number of rotatable bonds is 2. The van der Waals surface area contributed by atoms with Crippen molar-refractivity contribution in [2.45, 2.75) is 25.8 Å². The van der Waals surface area contributed by atoms with Gasteiger partial charge < -0.3 is 5.32 Å². The number of hydrogen-bond donors (Lipinski definition) is 1. The molecule has 0 radical (unpaired) electrons. The molecular formula is C10H17N3S. The third kappa shape index (κ3) is 2.23. The lowest BCUT2D eigenvalue weighted by molar-refractivity contribution is 0.649. The number of aryl methyl sites for hydroxylation is 2. The van der Waals surface area contributed by atoms with Crippen molar-refractivity contribution in [3.05, 3.63) is 11.8 Å². The highest BCUT2D eigenvalue weighted by Crippen LogP contribution is 2.20. The number of aromatic nitrogens is 2. The van der Waals surface area contributed by atoms with Crippen LogP contribution >= 0.6 is 11.8 Å². The molecule has 0 amide bonds. The predicted molar refractivity (Wildman–Crippen MR) is 61.9 cm³/mol. The highest BCUT2D eigenvalue weighted by molar-refractivity contribution is 7.99. The zero-order valence-corrected chi connectivity index (χ0v) is 9.60. The van der Waals surface area contributed by atoms with Gasteiger partial charge in [0.25, 0.3) is 0 Å². The molecule has 1 aromatic heterocycles. The van der Waals surface area contributed by atoms with Gasteiger partial charge in [0.05, 0.1) is 5.69 Å². The number of anilines is 1. The number of thioether (sulfide) groups is 1. The summed E-state index contributed by atoms with van der Waals surface area (Å²) in [6.45, 7) is 2.03. The van der Waals surface area contributed by atoms with E-state index in [2.05, 4.69) is 28.2 Å². The van der Waals surface area contributed by atoms with Crippen molar-refractivity contribution < 1.29 is 0 Å². The molecule has 3 nitrogen and oxygen atoms in total. The van der Waals surface area contributed by atoms with E-state index in [1.54, 1.807) is 0 Å². The SMILES string of the molecule is Cc1cc(NC2CCSCC2)n(C)n1. The Hall–Kier alpha value is -0.640. The monoisotopic (exact) mass is 211 g/mol. The van der Waals surface area contributed by atoms with Gasteiger partial charge in [-0.2, -0.15) is 16.9 Å². The summed E-state index contributed by atoms with van der Waals surface area (Å²) in [5.74, 6) is 3.72. The molecule has 2 heterocycles. The molecule has 0 atom stereocenters. The molecule has 0 unspecified atom stereocenters. The van der Waals surface area contributed by atoms with E-state index in [1.807, 2.05) is 18.7 Å². The Morgan fingerprint density at radius 3 is 2.79 bits per heavy atom. The van der Waals surface area contributed by atoms with Gasteiger partial charge in [-0.3, -0.25) is 4.68 Å². The van der Waals surface area contributed by atoms with E-state index in [1.165, 1.54) is 24.3 Å². The van der Waals surface area contributed by atoms with Crippen molar-refractivity contribution >= 4 is 17.6 Å². The number of hydrogen-bond acceptors (Lipinski definition) is 3. The molecule has 78 valence electrons. The number of nitrogens with one attached hydrogen (secondary N) is 1. The highest BCUT2D eigenvalue weighted by atomic mass is 32.2. The summed E-state index contributed by atoms with van der Waals surface area (Å²) in [6, 6.07) is 2.76. The molecule has 0 bridgehead atoms. The first kappa shape index (κ1) is 9.90. The van der Waals surface area contributed by atoms with Crippen LogP contribution in [-0.4, -0.2) is 27.3 Å². The summed E-state index contributed by atoms with van der Waals surface area (Å²) in [4.78, 5) is 0. The zero-order chi connectivity index (χ0) is 9.97. The van der Waals surface area contributed by atoms with E-state index in [0.29, 0.717) is 6.04 Å². The molecule has 0 aliphatic carbocycles. The van der Waals surface area contributed by atoms with E-state index in [9.17, 15) is 0 Å². The van der Waals surface area contributed by atoms with Crippen molar-refractivity contribution in [3.8, 4) is 0 Å². The minimum Gasteiger partial charge on any atom is -0.367 e. The highest BCUT2D eigenvalue weighted by Gasteiger charge is 2.14. The largest absolute Gasteiger partial charge is 0.367 e. The smallest absolute Gasteiger partial charge is 0.124 e. The first-order chi connectivity index (χ1) is 6.75. The first-order valence-corrected chi connectivity index (χ1v) is 6.26. The van der Waals surface area contributed by atoms with Crippen molar-refractivity contribution in [2.75, 3.05) is 16.8 Å². The average Bonchev–Trinajstić information content (AvgIpc) is 2.47. The van der Waals surface area contributed by atoms with Gasteiger partial charge in [0.1, 0.15) is 5.82 Å². The summed E-state index contributed by atoms with van der Waals surface area (Å²) in [7, 11) is 1.99. The normalized spacial score (nSPS) is 18.4. The number of nitrogens with zero attached hydrogens (tertiary/aromatic N) is 2. The first-order valence-electron chi connectivity index (χ1n) is 5.10. The second-order valence-corrected chi connectivity index (χ2v) is 5.05. The second-order valence-electron chi connectivity index (χ2n) is 3.83. The molecule has 14 heavy (non-hydrogen) atoms. The van der Waals surface area contributed by atoms with Crippen LogP contribution in [0.4, 0.5) is 5.82 Å². The molecule has 1 aliphatic rings. The van der Waals surface area contributed by atoms with Crippen LogP contribution in [0.5, 0.6) is 0 Å². The molecule has 1 saturated heterocycles. The summed E-state index contributed by atoms with van der Waals surface area (Å²) in [5.41, 5.74) is 1.08. The van der Waals surface area contributed by atoms with Gasteiger partial charge in [0.2, 0.25) is 0 Å². The van der Waals surface area contributed by atoms with E-state index >= 15 is 0 Å². The van der Waals surface area contributed by atoms with Gasteiger partial charge in [-0.05, 0) is 31.3 Å². The topological polar surface area (TPSA) is 29.9 Å². The zero-order valence-electron chi connectivity index (χ0n) is 8.79. The maximum atomic E-state index is 4.33. The third-order valence-electron chi connectivity index (χ3n) is 2.58. The Labute approximate surface area is 89.3 Å². The van der Waals surface area contributed by atoms with Crippen LogP contribution in [0.3, 0.4) is 0 Å². The summed E-state index contributed by atoms with van der Waals surface area (Å²) in [6.07, 6.45) is 2.55. The average molecular weight is 211 g/mol. The van der Waals surface area contributed by atoms with Gasteiger partial charge >= 0.3 is 0 Å². The lowest BCUT2D eigenvalue weighted by atomic mass is 10.1. The lowest BCUT2D eigenvalue weighted by Crippen LogP contribution is -2.25. The third-order valence-corrected chi connectivity index (χ3v) is 3.62. The van der Waals surface area contributed by atoms with Crippen molar-refractivity contribution in [2.24, 2.45) is 7.05 Å². The molecule has 0 aromatic carbocycles. The molecule has 1 fully saturated rings. The maximum absolute atomic E-state index is 4.33. The lowest BCUT2D eigenvalue weighted by Gasteiger charge is -2.23. The van der Waals surface area contributed by atoms with Gasteiger partial charge in [-0.15, -0.1) is 0 Å². The fourth-order valence-electron chi connectivity index (χ4n) is 1.80. The van der Waals surface area contributed by atoms with Gasteiger partial charge in [0, 0.05) is 19.2 Å². The van der Waals surface area contributed by atoms with Gasteiger partial charge in [0.15, 0.2) is 0 Å². The Bertz CT molecular complexity index is 302. The van der Waals surface area contributed by atoms with Crippen LogP contribution in [-0.2, 0) is 7.05 Å². The molecule has 1 aromatic rings. The maximum Gasteiger partial charge on any atom is 0.124 e. The predicted octanol–water partition coefficient (Wildman–Crippen LogP) is 2.04. The van der Waals surface area contributed by atoms with E-state index in [4.69, 9.17) is 0 Å². The van der Waals surface area contributed by atoms with Crippen molar-refractivity contribution in [1.82, 2.24) is 9.78 Å². The van der Waals surface area contributed by atoms with Crippen LogP contribution in [0.15, 0.2) is 6.07 Å². The van der Waals surface area contributed by atoms with E-state index < -0.39 is 0 Å². The van der Waals surface area contributed by atoms with Gasteiger partial charge in [-0.25, -0.2) is 0 Å². The van der Waals surface area contributed by atoms with Crippen LogP contribution in [0, 0.1) is 6.92 Å². The van der Waals surface area contributed by atoms with Crippen molar-refractivity contribution in [1.29, 1.82) is 0 Å². The van der Waals surface area contributed by atoms with Crippen LogP contribution in [0.25, 0.3) is 0 Å². The molecule has 0 saturated carbocycles. The Morgan fingerprint density at radius 2 is 2.21 bits per heavy atom. The fraction of sp³-hybridized carbons (Fsp3) is 0.700. The molecule has 4 heteroatoms. The Morgan fingerprint density at radius 1 is 1.50 bits per heavy atom. The fourth-order valence-corrected chi connectivity index (χ4v) is 2.90. The summed E-state index contributed by atoms with van der Waals surface area (Å²) < 4.78 is 1.93. The van der Waals surface area contributed by atoms with Crippen LogP contribution in [0.2, 0.25) is 0 Å². The minimum atomic E-state index is 0.644. The molecule has 1 N–H and O–H groups in total. The standard InChI is InChI=1S/C10H17N3S/c1-8-7-10(13(2)12-8)11-9-3-5-14-6-4-9/h7,9,11H,3-6H2,1-2H3. The van der Waals surface area contributed by atoms with Crippen molar-refractivity contribution in [3.63, 3.8) is 0 Å². The molecule has 1 aliphatic heterocycles. The van der Waals surface area contributed by atoms with E-state index in [-0.39, 0.29) is 0 Å². The Kier molecular flexibility index (Phi) is 3.01. The second kappa shape index (κ2) is 4.26. The van der Waals surface area contributed by atoms with Gasteiger partial charge in [-0.1, -0.05) is 0 Å². The summed E-state index contributed by atoms with van der Waals surface area (Å²) >= 11 is 2.06. The van der Waals surface area contributed by atoms with E-state index in [0.717, 1.165) is 11.5 Å². The molecule has 0 spiro atoms. The molecular weight excluding hydrogens is 194 g/mol.